The van der Waals surface area contributed by atoms with Crippen molar-refractivity contribution in [2.45, 2.75) is 23.5 Å². The highest BCUT2D eigenvalue weighted by Gasteiger charge is 2.44. The normalized spacial score (nSPS) is 24.7. The van der Waals surface area contributed by atoms with E-state index in [4.69, 9.17) is 9.47 Å². The fraction of sp³-hybridized carbons (Fsp3) is 0.389. The summed E-state index contributed by atoms with van der Waals surface area (Å²) in [5, 5.41) is 0. The maximum atomic E-state index is 12.4. The second-order valence-electron chi connectivity index (χ2n) is 6.74. The fourth-order valence-corrected chi connectivity index (χ4v) is 4.69. The molecule has 26 heavy (non-hydrogen) atoms. The molecule has 1 saturated heterocycles. The minimum absolute atomic E-state index is 0.102. The molecule has 8 heteroatoms. The molecule has 1 spiro atoms. The first-order chi connectivity index (χ1) is 12.5. The molecular weight excluding hydrogens is 354 g/mol. The second-order valence-corrected chi connectivity index (χ2v) is 8.48. The highest BCUT2D eigenvalue weighted by molar-refractivity contribution is 7.89. The van der Waals surface area contributed by atoms with Crippen LogP contribution in [-0.2, 0) is 16.6 Å². The number of fused-ring (bicyclic) bond motifs is 1. The average Bonchev–Trinajstić information content (AvgIpc) is 2.99. The number of likely N-dealkylation sites (tertiary alicyclic amines) is 1. The van der Waals surface area contributed by atoms with Gasteiger partial charge < -0.3 is 9.47 Å². The quantitative estimate of drug-likeness (QED) is 0.874. The summed E-state index contributed by atoms with van der Waals surface area (Å²) in [5.74, 6) is 1.20. The van der Waals surface area contributed by atoms with Crippen LogP contribution in [0.2, 0.25) is 0 Å². The van der Waals surface area contributed by atoms with Crippen LogP contribution >= 0.6 is 0 Å². The molecule has 0 aliphatic carbocycles. The summed E-state index contributed by atoms with van der Waals surface area (Å²) in [7, 11) is -1.95. The van der Waals surface area contributed by atoms with E-state index in [-0.39, 0.29) is 11.4 Å². The third kappa shape index (κ3) is 3.27. The van der Waals surface area contributed by atoms with Crippen molar-refractivity contribution < 1.29 is 17.9 Å². The lowest BCUT2D eigenvalue weighted by Crippen LogP contribution is -2.47. The smallest absolute Gasteiger partial charge is 0.245 e. The van der Waals surface area contributed by atoms with Crippen LogP contribution in [0.15, 0.2) is 47.6 Å². The zero-order valence-electron chi connectivity index (χ0n) is 14.5. The first-order valence-electron chi connectivity index (χ1n) is 8.48. The van der Waals surface area contributed by atoms with E-state index in [9.17, 15) is 8.42 Å². The Morgan fingerprint density at radius 3 is 2.88 bits per heavy atom. The Kier molecular flexibility index (Phi) is 4.34. The van der Waals surface area contributed by atoms with E-state index >= 15 is 0 Å². The number of benzene rings is 1. The van der Waals surface area contributed by atoms with E-state index in [0.29, 0.717) is 12.3 Å². The lowest BCUT2D eigenvalue weighted by molar-refractivity contribution is 0.0801. The van der Waals surface area contributed by atoms with Gasteiger partial charge in [0.25, 0.3) is 0 Å². The number of pyridine rings is 1. The molecular formula is C18H21N3O4S. The molecule has 1 atom stereocenters. The Labute approximate surface area is 153 Å². The lowest BCUT2D eigenvalue weighted by Gasteiger charge is -2.28. The summed E-state index contributed by atoms with van der Waals surface area (Å²) in [6.07, 6.45) is 3.64. The molecule has 1 fully saturated rings. The first-order valence-corrected chi connectivity index (χ1v) is 9.96. The van der Waals surface area contributed by atoms with Crippen molar-refractivity contribution in [1.82, 2.24) is 14.6 Å². The number of hydrogen-bond donors (Lipinski definition) is 1. The average molecular weight is 375 g/mol. The molecule has 2 aromatic rings. The Hall–Kier alpha value is -2.16. The molecule has 7 nitrogen and oxygen atoms in total. The zero-order valence-corrected chi connectivity index (χ0v) is 15.3. The maximum Gasteiger partial charge on any atom is 0.245 e. The molecule has 0 radical (unpaired) electrons. The largest absolute Gasteiger partial charge is 0.497 e. The van der Waals surface area contributed by atoms with Gasteiger partial charge in [-0.3, -0.25) is 9.88 Å². The van der Waals surface area contributed by atoms with Crippen molar-refractivity contribution in [1.29, 1.82) is 0 Å². The van der Waals surface area contributed by atoms with Crippen molar-refractivity contribution in [3.05, 3.63) is 48.3 Å². The third-order valence-corrected chi connectivity index (χ3v) is 6.32. The number of methoxy groups -OCH3 is 1. The summed E-state index contributed by atoms with van der Waals surface area (Å²) in [6, 6.07) is 9.60. The third-order valence-electron chi connectivity index (χ3n) is 4.91. The Balaban J connectivity index is 1.52. The number of hydrogen-bond acceptors (Lipinski definition) is 6. The van der Waals surface area contributed by atoms with Crippen LogP contribution < -0.4 is 14.2 Å². The van der Waals surface area contributed by atoms with Crippen molar-refractivity contribution in [3.8, 4) is 11.5 Å². The topological polar surface area (TPSA) is 80.8 Å². The van der Waals surface area contributed by atoms with Crippen molar-refractivity contribution in [2.75, 3.05) is 26.7 Å². The standard InChI is InChI=1S/C18H21N3O4S/c1-24-15-4-2-14(3-5-15)11-21-9-7-18(13-21)12-20-26(22,23)17-10-19-8-6-16(17)25-18/h2-6,8,10,20H,7,9,11-13H2,1H3. The molecule has 1 N–H and O–H groups in total. The van der Waals surface area contributed by atoms with Gasteiger partial charge in [-0.1, -0.05) is 12.1 Å². The van der Waals surface area contributed by atoms with Crippen LogP contribution in [0, 0.1) is 0 Å². The molecule has 0 amide bonds. The van der Waals surface area contributed by atoms with E-state index in [1.54, 1.807) is 19.4 Å². The number of nitrogens with zero attached hydrogens (tertiary/aromatic N) is 2. The number of nitrogens with one attached hydrogen (secondary N) is 1. The summed E-state index contributed by atoms with van der Waals surface area (Å²) < 4.78 is 38.9. The van der Waals surface area contributed by atoms with Crippen molar-refractivity contribution in [3.63, 3.8) is 0 Å². The SMILES string of the molecule is COc1ccc(CN2CCC3(CNS(=O)(=O)c4cnccc4O3)C2)cc1. The molecule has 0 saturated carbocycles. The number of ether oxygens (including phenoxy) is 2. The van der Waals surface area contributed by atoms with Gasteiger partial charge in [0.1, 0.15) is 22.0 Å². The van der Waals surface area contributed by atoms with Crippen molar-refractivity contribution >= 4 is 10.0 Å². The second kappa shape index (κ2) is 6.53. The van der Waals surface area contributed by atoms with Gasteiger partial charge in [-0.15, -0.1) is 0 Å². The van der Waals surface area contributed by atoms with Gasteiger partial charge in [-0.2, -0.15) is 0 Å². The van der Waals surface area contributed by atoms with Crippen LogP contribution in [0.1, 0.15) is 12.0 Å². The predicted octanol–water partition coefficient (Wildman–Crippen LogP) is 1.41. The highest BCUT2D eigenvalue weighted by atomic mass is 32.2. The summed E-state index contributed by atoms with van der Waals surface area (Å²) in [6.45, 7) is 2.53. The first kappa shape index (κ1) is 17.3. The van der Waals surface area contributed by atoms with Gasteiger partial charge in [0.15, 0.2) is 0 Å². The predicted molar refractivity (Wildman–Crippen MR) is 95.7 cm³/mol. The molecule has 1 unspecified atom stereocenters. The highest BCUT2D eigenvalue weighted by Crippen LogP contribution is 2.34. The van der Waals surface area contributed by atoms with Gasteiger partial charge in [-0.05, 0) is 23.8 Å². The molecule has 0 bridgehead atoms. The number of aromatic nitrogens is 1. The van der Waals surface area contributed by atoms with Gasteiger partial charge in [0, 0.05) is 32.3 Å². The Morgan fingerprint density at radius 2 is 2.12 bits per heavy atom. The fourth-order valence-electron chi connectivity index (χ4n) is 3.51. The molecule has 3 heterocycles. The minimum Gasteiger partial charge on any atom is -0.497 e. The monoisotopic (exact) mass is 375 g/mol. The molecule has 1 aromatic carbocycles. The van der Waals surface area contributed by atoms with Gasteiger partial charge in [0.05, 0.1) is 19.9 Å². The number of rotatable bonds is 3. The lowest BCUT2D eigenvalue weighted by atomic mass is 10.0. The number of sulfonamides is 1. The molecule has 2 aliphatic rings. The van der Waals surface area contributed by atoms with Gasteiger partial charge in [-0.25, -0.2) is 13.1 Å². The Bertz CT molecular complexity index is 901. The minimum atomic E-state index is -3.60. The Morgan fingerprint density at radius 1 is 1.31 bits per heavy atom. The van der Waals surface area contributed by atoms with Crippen LogP contribution in [-0.4, -0.2) is 50.6 Å². The van der Waals surface area contributed by atoms with Crippen LogP contribution in [0.3, 0.4) is 0 Å². The van der Waals surface area contributed by atoms with Crippen LogP contribution in [0.25, 0.3) is 0 Å². The summed E-state index contributed by atoms with van der Waals surface area (Å²) >= 11 is 0. The van der Waals surface area contributed by atoms with Gasteiger partial charge in [0.2, 0.25) is 10.0 Å². The van der Waals surface area contributed by atoms with E-state index in [1.165, 1.54) is 11.8 Å². The van der Waals surface area contributed by atoms with Crippen LogP contribution in [0.4, 0.5) is 0 Å². The molecule has 4 rings (SSSR count). The van der Waals surface area contributed by atoms with E-state index in [0.717, 1.165) is 25.3 Å². The summed E-state index contributed by atoms with van der Waals surface area (Å²) in [4.78, 5) is 6.30. The van der Waals surface area contributed by atoms with Crippen molar-refractivity contribution in [2.24, 2.45) is 0 Å². The molecule has 1 aromatic heterocycles. The molecule has 138 valence electrons. The van der Waals surface area contributed by atoms with E-state index in [1.807, 2.05) is 24.3 Å². The maximum absolute atomic E-state index is 12.4. The zero-order chi connectivity index (χ0) is 18.2. The van der Waals surface area contributed by atoms with Gasteiger partial charge >= 0.3 is 0 Å². The van der Waals surface area contributed by atoms with E-state index in [2.05, 4.69) is 14.6 Å². The van der Waals surface area contributed by atoms with E-state index < -0.39 is 15.6 Å². The van der Waals surface area contributed by atoms with Crippen LogP contribution in [0.5, 0.6) is 11.5 Å². The summed E-state index contributed by atoms with van der Waals surface area (Å²) in [5.41, 5.74) is 0.619. The molecule has 2 aliphatic heterocycles.